The molecule has 3 atom stereocenters. The molecule has 270 valence electrons. The number of aliphatic imine (C=N–C) groups is 1. The third-order valence-electron chi connectivity index (χ3n) is 8.36. The standard InChI is InChI=1S/C31H34F9N5O4/c1-3-22-15-24(23-14-19(29(32,33)34)5-6-25(23)45(22)28(46)48-4-2)41-27-42-26(17-43-7-9-47-10-8-43)49-44(27)16-18-11-20(30(35,36)37)13-21(12-18)31(38,39)40/h5-6,11-14,22,24,27,41H,3-4,7-10,15-17H2,1-2H3/t22-,24+,27?/m1/s1. The highest BCUT2D eigenvalue weighted by Gasteiger charge is 2.42. The quantitative estimate of drug-likeness (QED) is 0.296. The first-order valence-corrected chi connectivity index (χ1v) is 15.5. The summed E-state index contributed by atoms with van der Waals surface area (Å²) in [6.45, 7) is 4.74. The summed E-state index contributed by atoms with van der Waals surface area (Å²) < 4.78 is 134. The number of nitrogens with zero attached hydrogens (tertiary/aromatic N) is 4. The lowest BCUT2D eigenvalue weighted by atomic mass is 9.88. The molecule has 3 aliphatic heterocycles. The molecule has 3 aliphatic rings. The van der Waals surface area contributed by atoms with E-state index >= 15 is 0 Å². The summed E-state index contributed by atoms with van der Waals surface area (Å²) in [7, 11) is 0. The zero-order valence-electron chi connectivity index (χ0n) is 26.4. The van der Waals surface area contributed by atoms with Gasteiger partial charge in [-0.3, -0.25) is 15.1 Å². The summed E-state index contributed by atoms with van der Waals surface area (Å²) >= 11 is 0. The summed E-state index contributed by atoms with van der Waals surface area (Å²) in [6, 6.07) is 2.61. The molecule has 1 unspecified atom stereocenters. The van der Waals surface area contributed by atoms with E-state index in [9.17, 15) is 44.3 Å². The van der Waals surface area contributed by atoms with Crippen LogP contribution in [0.2, 0.25) is 0 Å². The molecule has 0 aliphatic carbocycles. The minimum Gasteiger partial charge on any atom is -0.449 e. The van der Waals surface area contributed by atoms with Gasteiger partial charge in [-0.25, -0.2) is 9.79 Å². The van der Waals surface area contributed by atoms with Crippen LogP contribution >= 0.6 is 0 Å². The average Bonchev–Trinajstić information content (AvgIpc) is 3.39. The van der Waals surface area contributed by atoms with Gasteiger partial charge >= 0.3 is 24.6 Å². The number of rotatable bonds is 8. The van der Waals surface area contributed by atoms with Gasteiger partial charge in [-0.15, -0.1) is 0 Å². The van der Waals surface area contributed by atoms with Crippen LogP contribution in [0.4, 0.5) is 50.0 Å². The van der Waals surface area contributed by atoms with Crippen LogP contribution in [0, 0.1) is 0 Å². The Hall–Kier alpha value is -3.61. The molecule has 0 saturated carbocycles. The Morgan fingerprint density at radius 1 is 0.898 bits per heavy atom. The zero-order chi connectivity index (χ0) is 35.7. The van der Waals surface area contributed by atoms with Crippen LogP contribution < -0.4 is 10.2 Å². The van der Waals surface area contributed by atoms with Crippen LogP contribution in [0.1, 0.15) is 60.5 Å². The molecular weight excluding hydrogens is 677 g/mol. The van der Waals surface area contributed by atoms with E-state index in [0.29, 0.717) is 44.9 Å². The molecule has 0 spiro atoms. The number of benzene rings is 2. The van der Waals surface area contributed by atoms with Gasteiger partial charge in [-0.2, -0.15) is 39.5 Å². The Labute approximate surface area is 275 Å². The molecule has 9 nitrogen and oxygen atoms in total. The first-order valence-electron chi connectivity index (χ1n) is 15.5. The van der Waals surface area contributed by atoms with Crippen molar-refractivity contribution in [3.8, 4) is 0 Å². The molecule has 0 aromatic heterocycles. The predicted molar refractivity (Wildman–Crippen MR) is 157 cm³/mol. The van der Waals surface area contributed by atoms with Gasteiger partial charge in [0.15, 0.2) is 6.29 Å². The number of alkyl halides is 9. The van der Waals surface area contributed by atoms with Gasteiger partial charge in [0.1, 0.15) is 0 Å². The van der Waals surface area contributed by atoms with E-state index in [1.807, 2.05) is 4.90 Å². The molecule has 0 radical (unpaired) electrons. The van der Waals surface area contributed by atoms with Gasteiger partial charge in [0.2, 0.25) is 5.90 Å². The number of ether oxygens (including phenoxy) is 2. The number of amides is 1. The van der Waals surface area contributed by atoms with Crippen molar-refractivity contribution in [2.75, 3.05) is 44.4 Å². The third kappa shape index (κ3) is 8.59. The lowest BCUT2D eigenvalue weighted by Gasteiger charge is -2.41. The second-order valence-electron chi connectivity index (χ2n) is 11.7. The molecule has 2 aromatic rings. The maximum absolute atomic E-state index is 13.9. The number of carbonyl (C=O) groups excluding carboxylic acids is 1. The van der Waals surface area contributed by atoms with E-state index in [1.54, 1.807) is 13.8 Å². The molecule has 5 rings (SSSR count). The molecular formula is C31H34F9N5O4. The van der Waals surface area contributed by atoms with Crippen LogP contribution in [0.5, 0.6) is 0 Å². The molecule has 49 heavy (non-hydrogen) atoms. The normalized spacial score (nSPS) is 22.5. The van der Waals surface area contributed by atoms with Gasteiger partial charge < -0.3 is 14.3 Å². The highest BCUT2D eigenvalue weighted by Crippen LogP contribution is 2.43. The fraction of sp³-hybridized carbons (Fsp3) is 0.548. The first kappa shape index (κ1) is 36.7. The van der Waals surface area contributed by atoms with Crippen LogP contribution in [0.15, 0.2) is 41.4 Å². The van der Waals surface area contributed by atoms with Crippen LogP contribution in [-0.2, 0) is 39.4 Å². The fourth-order valence-electron chi connectivity index (χ4n) is 6.02. The van der Waals surface area contributed by atoms with E-state index in [-0.39, 0.29) is 48.4 Å². The zero-order valence-corrected chi connectivity index (χ0v) is 26.4. The highest BCUT2D eigenvalue weighted by atomic mass is 19.4. The SMILES string of the molecule is CCOC(=O)N1c2ccc(C(F)(F)F)cc2[C@@H](NC2N=C(CN3CCOCC3)ON2Cc2cc(C(F)(F)F)cc(C(F)(F)F)c2)C[C@H]1CC. The number of nitrogens with one attached hydrogen (secondary N) is 1. The smallest absolute Gasteiger partial charge is 0.416 e. The van der Waals surface area contributed by atoms with Gasteiger partial charge in [-0.05, 0) is 67.3 Å². The first-order chi connectivity index (χ1) is 23.0. The lowest BCUT2D eigenvalue weighted by Crippen LogP contribution is -2.50. The van der Waals surface area contributed by atoms with Crippen molar-refractivity contribution in [1.82, 2.24) is 15.3 Å². The van der Waals surface area contributed by atoms with Crippen LogP contribution in [0.25, 0.3) is 0 Å². The van der Waals surface area contributed by atoms with Gasteiger partial charge in [0, 0.05) is 25.2 Å². The second-order valence-corrected chi connectivity index (χ2v) is 11.7. The Morgan fingerprint density at radius 2 is 1.53 bits per heavy atom. The van der Waals surface area contributed by atoms with Crippen LogP contribution in [-0.4, -0.2) is 73.7 Å². The Bertz CT molecular complexity index is 1490. The van der Waals surface area contributed by atoms with Crippen molar-refractivity contribution in [3.63, 3.8) is 0 Å². The predicted octanol–water partition coefficient (Wildman–Crippen LogP) is 6.98. The lowest BCUT2D eigenvalue weighted by molar-refractivity contribution is -0.143. The molecule has 18 heteroatoms. The number of carbonyl (C=O) groups is 1. The van der Waals surface area contributed by atoms with E-state index in [4.69, 9.17) is 14.3 Å². The summed E-state index contributed by atoms with van der Waals surface area (Å²) in [6.07, 6.45) is -16.5. The minimum atomic E-state index is -5.08. The van der Waals surface area contributed by atoms with Crippen molar-refractivity contribution in [2.45, 2.75) is 70.1 Å². The van der Waals surface area contributed by atoms with E-state index in [1.165, 1.54) is 11.0 Å². The Morgan fingerprint density at radius 3 is 2.10 bits per heavy atom. The van der Waals surface area contributed by atoms with Crippen LogP contribution in [0.3, 0.4) is 0 Å². The number of hydrogen-bond acceptors (Lipinski definition) is 8. The number of morpholine rings is 1. The molecule has 0 bridgehead atoms. The molecule has 1 amide bonds. The van der Waals surface area contributed by atoms with Crippen molar-refractivity contribution in [1.29, 1.82) is 0 Å². The number of hydroxylamine groups is 2. The fourth-order valence-corrected chi connectivity index (χ4v) is 6.02. The third-order valence-corrected chi connectivity index (χ3v) is 8.36. The maximum Gasteiger partial charge on any atom is 0.416 e. The van der Waals surface area contributed by atoms with E-state index in [2.05, 4.69) is 10.3 Å². The summed E-state index contributed by atoms with van der Waals surface area (Å²) in [5.41, 5.74) is -4.18. The van der Waals surface area contributed by atoms with E-state index < -0.39 is 66.2 Å². The maximum atomic E-state index is 13.9. The number of fused-ring (bicyclic) bond motifs is 1. The monoisotopic (exact) mass is 711 g/mol. The van der Waals surface area contributed by atoms with Crippen molar-refractivity contribution < 1.29 is 58.6 Å². The molecule has 1 fully saturated rings. The largest absolute Gasteiger partial charge is 0.449 e. The van der Waals surface area contributed by atoms with Crippen molar-refractivity contribution in [2.24, 2.45) is 4.99 Å². The summed E-state index contributed by atoms with van der Waals surface area (Å²) in [4.78, 5) is 26.6. The minimum absolute atomic E-state index is 0.0157. The van der Waals surface area contributed by atoms with Crippen molar-refractivity contribution in [3.05, 3.63) is 64.2 Å². The average molecular weight is 712 g/mol. The van der Waals surface area contributed by atoms with Gasteiger partial charge in [0.25, 0.3) is 0 Å². The molecule has 1 saturated heterocycles. The molecule has 2 aromatic carbocycles. The van der Waals surface area contributed by atoms with E-state index in [0.717, 1.165) is 17.2 Å². The highest BCUT2D eigenvalue weighted by molar-refractivity contribution is 5.90. The topological polar surface area (TPSA) is 78.9 Å². The summed E-state index contributed by atoms with van der Waals surface area (Å²) in [5.74, 6) is 0.0858. The number of hydrogen-bond donors (Lipinski definition) is 1. The van der Waals surface area contributed by atoms with Crippen molar-refractivity contribution >= 4 is 17.7 Å². The molecule has 3 heterocycles. The molecule has 1 N–H and O–H groups in total. The van der Waals surface area contributed by atoms with Gasteiger partial charge in [0.05, 0.1) is 55.3 Å². The number of anilines is 1. The summed E-state index contributed by atoms with van der Waals surface area (Å²) in [5, 5.41) is 4.17. The van der Waals surface area contributed by atoms with Gasteiger partial charge in [-0.1, -0.05) is 12.0 Å². The second kappa shape index (κ2) is 14.3. The Balaban J connectivity index is 1.52. The number of halogens is 9. The Kier molecular flexibility index (Phi) is 10.7.